The van der Waals surface area contributed by atoms with Gasteiger partial charge in [-0.25, -0.2) is 0 Å². The van der Waals surface area contributed by atoms with Crippen molar-refractivity contribution in [1.29, 1.82) is 0 Å². The van der Waals surface area contributed by atoms with Crippen molar-refractivity contribution >= 4 is 5.69 Å². The summed E-state index contributed by atoms with van der Waals surface area (Å²) in [5, 5.41) is 0. The minimum Gasteiger partial charge on any atom is -0.378 e. The number of hydrogen-bond donors (Lipinski definition) is 1. The highest BCUT2D eigenvalue weighted by Crippen LogP contribution is 2.26. The fourth-order valence-electron chi connectivity index (χ4n) is 2.89. The fourth-order valence-corrected chi connectivity index (χ4v) is 2.89. The van der Waals surface area contributed by atoms with Crippen LogP contribution in [-0.2, 0) is 4.74 Å². The largest absolute Gasteiger partial charge is 0.378 e. The number of morpholine rings is 1. The van der Waals surface area contributed by atoms with Crippen molar-refractivity contribution in [3.8, 4) is 0 Å². The van der Waals surface area contributed by atoms with Gasteiger partial charge < -0.3 is 15.4 Å². The van der Waals surface area contributed by atoms with Gasteiger partial charge >= 0.3 is 0 Å². The second kappa shape index (κ2) is 7.07. The van der Waals surface area contributed by atoms with Crippen LogP contribution in [0.15, 0.2) is 24.3 Å². The van der Waals surface area contributed by atoms with E-state index >= 15 is 0 Å². The van der Waals surface area contributed by atoms with Crippen LogP contribution in [0.25, 0.3) is 0 Å². The average molecular weight is 277 g/mol. The van der Waals surface area contributed by atoms with Gasteiger partial charge in [0.05, 0.1) is 13.2 Å². The first kappa shape index (κ1) is 15.3. The minimum atomic E-state index is 0.292. The average Bonchev–Trinajstić information content (AvgIpc) is 2.49. The van der Waals surface area contributed by atoms with Crippen LogP contribution in [0, 0.1) is 0 Å². The summed E-state index contributed by atoms with van der Waals surface area (Å²) < 4.78 is 5.60. The maximum Gasteiger partial charge on any atom is 0.0622 e. The van der Waals surface area contributed by atoms with Crippen LogP contribution in [-0.4, -0.2) is 51.3 Å². The van der Waals surface area contributed by atoms with Gasteiger partial charge in [0.2, 0.25) is 0 Å². The van der Waals surface area contributed by atoms with Crippen LogP contribution >= 0.6 is 0 Å². The van der Waals surface area contributed by atoms with Gasteiger partial charge in [0.25, 0.3) is 0 Å². The molecule has 0 spiro atoms. The first-order valence-electron chi connectivity index (χ1n) is 7.48. The molecule has 112 valence electrons. The molecule has 2 atom stereocenters. The number of nitrogens with zero attached hydrogens (tertiary/aromatic N) is 2. The molecule has 0 aliphatic carbocycles. The molecule has 0 radical (unpaired) electrons. The fraction of sp³-hybridized carbons (Fsp3) is 0.625. The Balaban J connectivity index is 2.17. The van der Waals surface area contributed by atoms with Crippen LogP contribution in [0.1, 0.15) is 24.9 Å². The lowest BCUT2D eigenvalue weighted by atomic mass is 10.0. The van der Waals surface area contributed by atoms with Gasteiger partial charge in [0.15, 0.2) is 0 Å². The van der Waals surface area contributed by atoms with E-state index in [1.165, 1.54) is 11.3 Å². The Hall–Kier alpha value is -1.10. The van der Waals surface area contributed by atoms with E-state index in [2.05, 4.69) is 55.1 Å². The second-order valence-corrected chi connectivity index (χ2v) is 5.61. The molecule has 0 saturated carbocycles. The maximum absolute atomic E-state index is 6.06. The molecule has 1 saturated heterocycles. The van der Waals surface area contributed by atoms with Gasteiger partial charge in [0, 0.05) is 45.0 Å². The monoisotopic (exact) mass is 277 g/mol. The van der Waals surface area contributed by atoms with Crippen molar-refractivity contribution in [3.63, 3.8) is 0 Å². The Bertz CT molecular complexity index is 405. The SMILES string of the molecule is CCC1COCCN1C(CN)c1ccc(N(C)C)cc1. The minimum absolute atomic E-state index is 0.292. The van der Waals surface area contributed by atoms with Crippen molar-refractivity contribution < 1.29 is 4.74 Å². The molecule has 0 bridgehead atoms. The Morgan fingerprint density at radius 2 is 2.05 bits per heavy atom. The van der Waals surface area contributed by atoms with E-state index < -0.39 is 0 Å². The van der Waals surface area contributed by atoms with Gasteiger partial charge in [-0.05, 0) is 24.1 Å². The van der Waals surface area contributed by atoms with Gasteiger partial charge in [-0.1, -0.05) is 19.1 Å². The summed E-state index contributed by atoms with van der Waals surface area (Å²) in [7, 11) is 4.12. The third-order valence-corrected chi connectivity index (χ3v) is 4.16. The normalized spacial score (nSPS) is 21.7. The van der Waals surface area contributed by atoms with Crippen molar-refractivity contribution in [1.82, 2.24) is 4.90 Å². The predicted octanol–water partition coefficient (Wildman–Crippen LogP) is 1.86. The number of benzene rings is 1. The number of nitrogens with two attached hydrogens (primary N) is 1. The van der Waals surface area contributed by atoms with Crippen LogP contribution in [0.2, 0.25) is 0 Å². The standard InChI is InChI=1S/C16H27N3O/c1-4-14-12-20-10-9-19(14)16(11-17)13-5-7-15(8-6-13)18(2)3/h5-8,14,16H,4,9-12,17H2,1-3H3. The molecular formula is C16H27N3O. The van der Waals surface area contributed by atoms with E-state index in [1.54, 1.807) is 0 Å². The molecule has 4 nitrogen and oxygen atoms in total. The van der Waals surface area contributed by atoms with Gasteiger partial charge in [-0.3, -0.25) is 4.90 Å². The van der Waals surface area contributed by atoms with Crippen molar-refractivity contribution in [2.75, 3.05) is 45.3 Å². The summed E-state index contributed by atoms with van der Waals surface area (Å²) in [6.45, 7) is 5.47. The summed E-state index contributed by atoms with van der Waals surface area (Å²) in [4.78, 5) is 4.62. The third kappa shape index (κ3) is 3.32. The summed E-state index contributed by atoms with van der Waals surface area (Å²) in [6.07, 6.45) is 1.10. The number of rotatable bonds is 5. The second-order valence-electron chi connectivity index (χ2n) is 5.61. The van der Waals surface area contributed by atoms with E-state index in [9.17, 15) is 0 Å². The van der Waals surface area contributed by atoms with E-state index in [0.717, 1.165) is 26.2 Å². The van der Waals surface area contributed by atoms with Gasteiger partial charge in [-0.15, -0.1) is 0 Å². The van der Waals surface area contributed by atoms with Gasteiger partial charge in [0.1, 0.15) is 0 Å². The zero-order valence-electron chi connectivity index (χ0n) is 12.9. The van der Waals surface area contributed by atoms with E-state index in [0.29, 0.717) is 18.6 Å². The zero-order valence-corrected chi connectivity index (χ0v) is 12.9. The molecule has 1 aromatic carbocycles. The molecule has 4 heteroatoms. The number of ether oxygens (including phenoxy) is 1. The highest BCUT2D eigenvalue weighted by Gasteiger charge is 2.28. The molecule has 20 heavy (non-hydrogen) atoms. The lowest BCUT2D eigenvalue weighted by Crippen LogP contribution is -2.48. The Labute approximate surface area is 122 Å². The van der Waals surface area contributed by atoms with Crippen molar-refractivity contribution in [2.45, 2.75) is 25.4 Å². The molecule has 1 aliphatic rings. The molecule has 0 aromatic heterocycles. The van der Waals surface area contributed by atoms with E-state index in [-0.39, 0.29) is 0 Å². The van der Waals surface area contributed by atoms with Crippen LogP contribution in [0.4, 0.5) is 5.69 Å². The first-order chi connectivity index (χ1) is 9.67. The quantitative estimate of drug-likeness (QED) is 0.892. The summed E-state index contributed by atoms with van der Waals surface area (Å²) in [5.74, 6) is 0. The van der Waals surface area contributed by atoms with Crippen LogP contribution in [0.3, 0.4) is 0 Å². The maximum atomic E-state index is 6.06. The lowest BCUT2D eigenvalue weighted by Gasteiger charge is -2.40. The summed E-state index contributed by atoms with van der Waals surface area (Å²) >= 11 is 0. The highest BCUT2D eigenvalue weighted by atomic mass is 16.5. The lowest BCUT2D eigenvalue weighted by molar-refractivity contribution is -0.0291. The molecule has 2 rings (SSSR count). The molecule has 1 fully saturated rings. The first-order valence-corrected chi connectivity index (χ1v) is 7.48. The summed E-state index contributed by atoms with van der Waals surface area (Å²) in [6, 6.07) is 9.51. The predicted molar refractivity (Wildman–Crippen MR) is 84.2 cm³/mol. The van der Waals surface area contributed by atoms with E-state index in [4.69, 9.17) is 10.5 Å². The number of anilines is 1. The van der Waals surface area contributed by atoms with E-state index in [1.807, 2.05) is 0 Å². The Morgan fingerprint density at radius 3 is 2.60 bits per heavy atom. The molecule has 0 amide bonds. The Morgan fingerprint density at radius 1 is 1.35 bits per heavy atom. The smallest absolute Gasteiger partial charge is 0.0622 e. The summed E-state index contributed by atoms with van der Waals surface area (Å²) in [5.41, 5.74) is 8.58. The van der Waals surface area contributed by atoms with Crippen LogP contribution < -0.4 is 10.6 Å². The third-order valence-electron chi connectivity index (χ3n) is 4.16. The zero-order chi connectivity index (χ0) is 14.5. The number of hydrogen-bond acceptors (Lipinski definition) is 4. The molecule has 2 N–H and O–H groups in total. The molecular weight excluding hydrogens is 250 g/mol. The topological polar surface area (TPSA) is 41.7 Å². The highest BCUT2D eigenvalue weighted by molar-refractivity contribution is 5.46. The molecule has 1 heterocycles. The molecule has 1 aromatic rings. The Kier molecular flexibility index (Phi) is 5.40. The van der Waals surface area contributed by atoms with Gasteiger partial charge in [-0.2, -0.15) is 0 Å². The van der Waals surface area contributed by atoms with Crippen molar-refractivity contribution in [2.24, 2.45) is 5.73 Å². The molecule has 1 aliphatic heterocycles. The van der Waals surface area contributed by atoms with Crippen molar-refractivity contribution in [3.05, 3.63) is 29.8 Å². The molecule has 2 unspecified atom stereocenters. The van der Waals surface area contributed by atoms with Crippen LogP contribution in [0.5, 0.6) is 0 Å².